The molecule has 8 aromatic rings. The van der Waals surface area contributed by atoms with E-state index in [1.165, 1.54) is 111 Å². The monoisotopic (exact) mass is 704 g/mol. The minimum Gasteiger partial charge on any atom is -0.310 e. The largest absolute Gasteiger partial charge is 0.310 e. The van der Waals surface area contributed by atoms with Crippen molar-refractivity contribution < 1.29 is 0 Å². The second-order valence-electron chi connectivity index (χ2n) is 16.3. The zero-order chi connectivity index (χ0) is 38.0. The molecule has 0 radical (unpaired) electrons. The molecule has 0 saturated carbocycles. The molecule has 2 heteroatoms. The van der Waals surface area contributed by atoms with Gasteiger partial charge in [0.05, 0.1) is 11.4 Å². The van der Waals surface area contributed by atoms with E-state index in [1.807, 2.05) is 0 Å². The standard InChI is InChI=1S/C52H52N2/c1-31(2)45-29-49(53(47-17-13-11-15-37(47)9)39-25-33(5)23-34(6)26-39)43-22-20-42-46(32(3)4)30-50(44-21-19-41(45)51(43)52(42)44)54(48-18-14-12-16-38(48)10)40-27-35(7)24-36(8)28-40/h11-32H,1-10H3. The number of para-hydroxylation sites is 2. The fourth-order valence-electron chi connectivity index (χ4n) is 8.94. The molecule has 0 aliphatic carbocycles. The SMILES string of the molecule is Cc1cc(C)cc(N(c2ccccc2C)c2cc(C(C)C)c3ccc4c(N(c5cc(C)cc(C)c5)c5ccccc5C)cc(C(C)C)c5ccc2c3c54)c1. The van der Waals surface area contributed by atoms with Gasteiger partial charge in [0.1, 0.15) is 0 Å². The zero-order valence-corrected chi connectivity index (χ0v) is 33.6. The Morgan fingerprint density at radius 1 is 0.352 bits per heavy atom. The van der Waals surface area contributed by atoms with E-state index in [4.69, 9.17) is 0 Å². The lowest BCUT2D eigenvalue weighted by molar-refractivity contribution is 0.875. The van der Waals surface area contributed by atoms with Crippen LogP contribution in [0.15, 0.2) is 121 Å². The van der Waals surface area contributed by atoms with E-state index in [1.54, 1.807) is 0 Å². The Balaban J connectivity index is 1.55. The Kier molecular flexibility index (Phi) is 8.97. The minimum atomic E-state index is 0.328. The Bertz CT molecular complexity index is 2470. The van der Waals surface area contributed by atoms with Gasteiger partial charge in [-0.2, -0.15) is 0 Å². The molecule has 0 aliphatic heterocycles. The molecule has 0 aliphatic rings. The molecule has 270 valence electrons. The van der Waals surface area contributed by atoms with Crippen molar-refractivity contribution in [1.82, 2.24) is 0 Å². The molecule has 0 bridgehead atoms. The predicted molar refractivity (Wildman–Crippen MR) is 236 cm³/mol. The third kappa shape index (κ3) is 5.99. The summed E-state index contributed by atoms with van der Waals surface area (Å²) in [7, 11) is 0. The summed E-state index contributed by atoms with van der Waals surface area (Å²) in [6.45, 7) is 22.7. The highest BCUT2D eigenvalue weighted by Crippen LogP contribution is 2.51. The summed E-state index contributed by atoms with van der Waals surface area (Å²) in [6.07, 6.45) is 0. The molecule has 0 saturated heterocycles. The number of rotatable bonds is 8. The molecule has 0 unspecified atom stereocenters. The summed E-state index contributed by atoms with van der Waals surface area (Å²) in [5.41, 5.74) is 17.5. The van der Waals surface area contributed by atoms with Crippen LogP contribution in [0.1, 0.15) is 84.0 Å². The highest BCUT2D eigenvalue weighted by atomic mass is 15.2. The normalized spacial score (nSPS) is 11.9. The van der Waals surface area contributed by atoms with E-state index in [-0.39, 0.29) is 0 Å². The number of anilines is 6. The highest BCUT2D eigenvalue weighted by Gasteiger charge is 2.27. The quantitative estimate of drug-likeness (QED) is 0.145. The van der Waals surface area contributed by atoms with Crippen LogP contribution in [0.3, 0.4) is 0 Å². The first kappa shape index (κ1) is 35.4. The number of hydrogen-bond donors (Lipinski definition) is 0. The van der Waals surface area contributed by atoms with Gasteiger partial charge in [-0.1, -0.05) is 100 Å². The summed E-state index contributed by atoms with van der Waals surface area (Å²) in [4.78, 5) is 5.04. The van der Waals surface area contributed by atoms with Crippen molar-refractivity contribution in [2.45, 2.75) is 81.1 Å². The molecule has 0 spiro atoms. The summed E-state index contributed by atoms with van der Waals surface area (Å²) in [5.74, 6) is 0.656. The maximum Gasteiger partial charge on any atom is 0.0543 e. The van der Waals surface area contributed by atoms with Crippen LogP contribution < -0.4 is 9.80 Å². The van der Waals surface area contributed by atoms with Crippen molar-refractivity contribution in [1.29, 1.82) is 0 Å². The molecular weight excluding hydrogens is 653 g/mol. The van der Waals surface area contributed by atoms with Gasteiger partial charge >= 0.3 is 0 Å². The van der Waals surface area contributed by atoms with Gasteiger partial charge in [0.2, 0.25) is 0 Å². The summed E-state index contributed by atoms with van der Waals surface area (Å²) >= 11 is 0. The molecule has 54 heavy (non-hydrogen) atoms. The van der Waals surface area contributed by atoms with Gasteiger partial charge in [0, 0.05) is 33.5 Å². The molecule has 8 rings (SSSR count). The molecule has 0 fully saturated rings. The van der Waals surface area contributed by atoms with Crippen molar-refractivity contribution in [3.05, 3.63) is 166 Å². The van der Waals surface area contributed by atoms with Gasteiger partial charge in [0.15, 0.2) is 0 Å². The number of hydrogen-bond acceptors (Lipinski definition) is 2. The van der Waals surface area contributed by atoms with Crippen LogP contribution in [-0.2, 0) is 0 Å². The van der Waals surface area contributed by atoms with Gasteiger partial charge in [-0.15, -0.1) is 0 Å². The highest BCUT2D eigenvalue weighted by molar-refractivity contribution is 6.29. The van der Waals surface area contributed by atoms with E-state index in [0.29, 0.717) is 11.8 Å². The zero-order valence-electron chi connectivity index (χ0n) is 33.6. The molecule has 0 aromatic heterocycles. The Morgan fingerprint density at radius 3 is 1.02 bits per heavy atom. The molecule has 0 atom stereocenters. The predicted octanol–water partition coefficient (Wildman–Crippen LogP) is 15.6. The van der Waals surface area contributed by atoms with Gasteiger partial charge < -0.3 is 9.80 Å². The number of benzene rings is 8. The first-order valence-corrected chi connectivity index (χ1v) is 19.6. The average Bonchev–Trinajstić information content (AvgIpc) is 3.12. The summed E-state index contributed by atoms with van der Waals surface area (Å²) in [6, 6.07) is 46.2. The van der Waals surface area contributed by atoms with Crippen LogP contribution >= 0.6 is 0 Å². The molecule has 0 amide bonds. The van der Waals surface area contributed by atoms with Crippen molar-refractivity contribution in [3.63, 3.8) is 0 Å². The maximum atomic E-state index is 2.52. The van der Waals surface area contributed by atoms with Crippen molar-refractivity contribution in [3.8, 4) is 0 Å². The van der Waals surface area contributed by atoms with E-state index < -0.39 is 0 Å². The molecular formula is C52H52N2. The molecule has 0 heterocycles. The third-order valence-corrected chi connectivity index (χ3v) is 11.3. The lowest BCUT2D eigenvalue weighted by Crippen LogP contribution is -2.14. The molecule has 2 nitrogen and oxygen atoms in total. The average molecular weight is 705 g/mol. The number of aryl methyl sites for hydroxylation is 6. The van der Waals surface area contributed by atoms with E-state index in [0.717, 1.165) is 0 Å². The van der Waals surface area contributed by atoms with Crippen molar-refractivity contribution in [2.75, 3.05) is 9.80 Å². The van der Waals surface area contributed by atoms with Gasteiger partial charge in [-0.3, -0.25) is 0 Å². The minimum absolute atomic E-state index is 0.328. The Morgan fingerprint density at radius 2 is 0.685 bits per heavy atom. The second-order valence-corrected chi connectivity index (χ2v) is 16.3. The first-order chi connectivity index (χ1) is 25.9. The van der Waals surface area contributed by atoms with Gasteiger partial charge in [-0.25, -0.2) is 0 Å². The van der Waals surface area contributed by atoms with Crippen molar-refractivity contribution >= 4 is 66.4 Å². The fourth-order valence-corrected chi connectivity index (χ4v) is 8.94. The van der Waals surface area contributed by atoms with Crippen LogP contribution in [0.25, 0.3) is 32.3 Å². The smallest absolute Gasteiger partial charge is 0.0543 e. The van der Waals surface area contributed by atoms with E-state index in [9.17, 15) is 0 Å². The lowest BCUT2D eigenvalue weighted by atomic mass is 9.84. The molecule has 0 N–H and O–H groups in total. The van der Waals surface area contributed by atoms with Crippen LogP contribution in [-0.4, -0.2) is 0 Å². The van der Waals surface area contributed by atoms with E-state index in [2.05, 4.69) is 200 Å². The number of nitrogens with zero attached hydrogens (tertiary/aromatic N) is 2. The Labute approximate surface area is 322 Å². The van der Waals surface area contributed by atoms with E-state index >= 15 is 0 Å². The van der Waals surface area contributed by atoms with Crippen molar-refractivity contribution in [2.24, 2.45) is 0 Å². The van der Waals surface area contributed by atoms with Crippen LogP contribution in [0, 0.1) is 41.5 Å². The maximum absolute atomic E-state index is 2.52. The summed E-state index contributed by atoms with van der Waals surface area (Å²) < 4.78 is 0. The fraction of sp³-hybridized carbons (Fsp3) is 0.231. The van der Waals surface area contributed by atoms with Gasteiger partial charge in [-0.05, 0) is 168 Å². The topological polar surface area (TPSA) is 6.48 Å². The second kappa shape index (κ2) is 13.7. The van der Waals surface area contributed by atoms with Gasteiger partial charge in [0.25, 0.3) is 0 Å². The lowest BCUT2D eigenvalue weighted by Gasteiger charge is -2.32. The van der Waals surface area contributed by atoms with Crippen LogP contribution in [0.5, 0.6) is 0 Å². The van der Waals surface area contributed by atoms with Crippen LogP contribution in [0.2, 0.25) is 0 Å². The molecule has 8 aromatic carbocycles. The summed E-state index contributed by atoms with van der Waals surface area (Å²) in [5, 5.41) is 7.93. The Hall–Kier alpha value is -5.60. The first-order valence-electron chi connectivity index (χ1n) is 19.6. The van der Waals surface area contributed by atoms with Crippen LogP contribution in [0.4, 0.5) is 34.1 Å². The third-order valence-electron chi connectivity index (χ3n) is 11.3.